The molecule has 0 saturated carbocycles. The van der Waals surface area contributed by atoms with Gasteiger partial charge in [0.2, 0.25) is 0 Å². The van der Waals surface area contributed by atoms with Crippen LogP contribution in [0, 0.1) is 0 Å². The van der Waals surface area contributed by atoms with Gasteiger partial charge in [-0.05, 0) is 142 Å². The fourth-order valence-electron chi connectivity index (χ4n) is 15.2. The van der Waals surface area contributed by atoms with Gasteiger partial charge in [-0.1, -0.05) is 294 Å². The van der Waals surface area contributed by atoms with E-state index in [-0.39, 0.29) is 35.1 Å². The predicted molar refractivity (Wildman–Crippen MR) is 394 cm³/mol. The third-order valence-electron chi connectivity index (χ3n) is 19.3. The van der Waals surface area contributed by atoms with Crippen molar-refractivity contribution < 1.29 is 6.85 Å². The summed E-state index contributed by atoms with van der Waals surface area (Å²) in [7, 11) is 0. The third kappa shape index (κ3) is 8.37. The van der Waals surface area contributed by atoms with Crippen LogP contribution in [0.4, 0.5) is 34.1 Å². The van der Waals surface area contributed by atoms with Gasteiger partial charge in [-0.3, -0.25) is 0 Å². The minimum absolute atomic E-state index is 0.145. The highest BCUT2D eigenvalue weighted by molar-refractivity contribution is 7.00. The van der Waals surface area contributed by atoms with Crippen molar-refractivity contribution in [3.05, 3.63) is 327 Å². The zero-order valence-electron chi connectivity index (χ0n) is 56.1. The largest absolute Gasteiger partial charge is 0.311 e. The lowest BCUT2D eigenvalue weighted by molar-refractivity contribution is 0.591. The maximum Gasteiger partial charge on any atom is 0.252 e. The second-order valence-corrected chi connectivity index (χ2v) is 25.5. The van der Waals surface area contributed by atoms with Crippen LogP contribution in [0.3, 0.4) is 0 Å². The SMILES string of the molecule is [2H]c1c([2H])c([2H])c(-c2ccc3c(c2)N(c2ccc(-c4ccccc4)cc2)c2c4c(cc5c2c2cccc6c7ccccc7c7ccccc7c7ccccc7n5c62)N(c2c(-c5ccccc5)cc(C(C)(C)C)cc2-c2ccccc2)c2ccc(-c5ccccc5)cc2B34)c([2H])c1[2H]. The van der Waals surface area contributed by atoms with Gasteiger partial charge in [-0.2, -0.15) is 0 Å². The van der Waals surface area contributed by atoms with E-state index in [1.54, 1.807) is 0 Å². The van der Waals surface area contributed by atoms with E-state index >= 15 is 0 Å². The van der Waals surface area contributed by atoms with Gasteiger partial charge in [0.15, 0.2) is 0 Å². The van der Waals surface area contributed by atoms with Crippen molar-refractivity contribution in [2.75, 3.05) is 9.80 Å². The Hall–Kier alpha value is -11.5. The monoisotopic (exact) mass is 1180 g/mol. The van der Waals surface area contributed by atoms with Gasteiger partial charge in [0.1, 0.15) is 0 Å². The molecule has 0 saturated heterocycles. The highest BCUT2D eigenvalue weighted by Gasteiger charge is 2.46. The molecule has 0 spiro atoms. The molecule has 2 aromatic heterocycles. The Morgan fingerprint density at radius 2 is 0.815 bits per heavy atom. The summed E-state index contributed by atoms with van der Waals surface area (Å²) in [5.41, 5.74) is 22.4. The molecule has 0 fully saturated rings. The number of anilines is 6. The van der Waals surface area contributed by atoms with Gasteiger partial charge >= 0.3 is 0 Å². The van der Waals surface area contributed by atoms with Crippen LogP contribution < -0.4 is 26.2 Å². The summed E-state index contributed by atoms with van der Waals surface area (Å²) in [6, 6.07) is 104. The normalized spacial score (nSPS) is 13.4. The quantitative estimate of drug-likeness (QED) is 0.147. The van der Waals surface area contributed by atoms with E-state index in [2.05, 4.69) is 314 Å². The molecule has 2 aliphatic heterocycles. The van der Waals surface area contributed by atoms with Crippen LogP contribution in [0.25, 0.3) is 115 Å². The van der Waals surface area contributed by atoms with E-state index in [0.717, 1.165) is 155 Å². The Labute approximate surface area is 543 Å². The molecule has 0 amide bonds. The van der Waals surface area contributed by atoms with Gasteiger partial charge in [-0.25, -0.2) is 0 Å². The van der Waals surface area contributed by atoms with Crippen molar-refractivity contribution in [3.63, 3.8) is 0 Å². The van der Waals surface area contributed by atoms with Crippen molar-refractivity contribution in [3.8, 4) is 55.6 Å². The maximum atomic E-state index is 9.54. The molecule has 4 heterocycles. The molecule has 0 radical (unpaired) electrons. The number of benzene rings is 14. The fraction of sp³-hybridized carbons (Fsp3) is 0.0455. The second-order valence-electron chi connectivity index (χ2n) is 25.5. The Morgan fingerprint density at radius 1 is 0.326 bits per heavy atom. The second kappa shape index (κ2) is 21.1. The molecule has 0 aliphatic carbocycles. The minimum Gasteiger partial charge on any atom is -0.311 e. The first-order valence-electron chi connectivity index (χ1n) is 34.3. The average molecular weight is 1180 g/mol. The van der Waals surface area contributed by atoms with E-state index < -0.39 is 12.8 Å². The van der Waals surface area contributed by atoms with Gasteiger partial charge in [0, 0.05) is 55.4 Å². The zero-order chi connectivity index (χ0) is 65.5. The van der Waals surface area contributed by atoms with Crippen molar-refractivity contribution in [2.45, 2.75) is 26.2 Å². The molecule has 16 aromatic rings. The topological polar surface area (TPSA) is 10.9 Å². The molecule has 18 rings (SSSR count). The summed E-state index contributed by atoms with van der Waals surface area (Å²) >= 11 is 0. The van der Waals surface area contributed by atoms with E-state index in [1.165, 1.54) is 5.56 Å². The maximum absolute atomic E-state index is 9.54. The molecule has 0 unspecified atom stereocenters. The highest BCUT2D eigenvalue weighted by Crippen LogP contribution is 2.55. The van der Waals surface area contributed by atoms with Crippen LogP contribution in [0.5, 0.6) is 0 Å². The highest BCUT2D eigenvalue weighted by atomic mass is 15.2. The van der Waals surface area contributed by atoms with Crippen molar-refractivity contribution in [2.24, 2.45) is 0 Å². The van der Waals surface area contributed by atoms with Crippen LogP contribution in [0.2, 0.25) is 0 Å². The van der Waals surface area contributed by atoms with E-state index in [4.69, 9.17) is 4.11 Å². The molecule has 14 aromatic carbocycles. The van der Waals surface area contributed by atoms with E-state index in [0.29, 0.717) is 5.56 Å². The van der Waals surface area contributed by atoms with E-state index in [1.807, 2.05) is 12.1 Å². The smallest absolute Gasteiger partial charge is 0.252 e. The van der Waals surface area contributed by atoms with Gasteiger partial charge < -0.3 is 14.2 Å². The summed E-state index contributed by atoms with van der Waals surface area (Å²) in [6.45, 7) is 6.50. The Kier molecular flexibility index (Phi) is 11.1. The number of para-hydroxylation sites is 2. The molecular weight excluding hydrogens is 1110 g/mol. The number of hydrogen-bond acceptors (Lipinski definition) is 2. The lowest BCUT2D eigenvalue weighted by atomic mass is 9.33. The number of aromatic nitrogens is 1. The van der Waals surface area contributed by atoms with Crippen LogP contribution in [0.1, 0.15) is 33.2 Å². The lowest BCUT2D eigenvalue weighted by Gasteiger charge is -2.45. The van der Waals surface area contributed by atoms with E-state index in [9.17, 15) is 2.74 Å². The molecule has 0 bridgehead atoms. The summed E-state index contributed by atoms with van der Waals surface area (Å²) in [6.07, 6.45) is 0. The molecule has 2 aliphatic rings. The molecule has 4 heteroatoms. The fourth-order valence-corrected chi connectivity index (χ4v) is 15.2. The molecule has 92 heavy (non-hydrogen) atoms. The zero-order valence-corrected chi connectivity index (χ0v) is 51.1. The lowest BCUT2D eigenvalue weighted by Crippen LogP contribution is -2.61. The number of hydrogen-bond donors (Lipinski definition) is 0. The number of rotatable bonds is 7. The van der Waals surface area contributed by atoms with Gasteiger partial charge in [0.25, 0.3) is 6.71 Å². The first kappa shape index (κ1) is 48.5. The molecule has 3 nitrogen and oxygen atoms in total. The average Bonchev–Trinajstić information content (AvgIpc) is 1.54. The molecule has 432 valence electrons. The number of fused-ring (bicyclic) bond motifs is 15. The predicted octanol–water partition coefficient (Wildman–Crippen LogP) is 22.0. The summed E-state index contributed by atoms with van der Waals surface area (Å²) in [5.74, 6) is 0. The minimum atomic E-state index is -0.430. The summed E-state index contributed by atoms with van der Waals surface area (Å²) in [4.78, 5) is 5.05. The molecular formula is C88H62BN3. The van der Waals surface area contributed by atoms with Crippen LogP contribution in [-0.2, 0) is 5.41 Å². The van der Waals surface area contributed by atoms with Crippen LogP contribution in [-0.4, -0.2) is 11.1 Å². The first-order valence-corrected chi connectivity index (χ1v) is 31.8. The van der Waals surface area contributed by atoms with Crippen molar-refractivity contribution in [1.29, 1.82) is 0 Å². The summed E-state index contributed by atoms with van der Waals surface area (Å²) < 4.78 is 48.5. The Balaban J connectivity index is 1.10. The Bertz CT molecular complexity index is 5900. The first-order chi connectivity index (χ1) is 47.4. The molecule has 0 N–H and O–H groups in total. The van der Waals surface area contributed by atoms with Crippen LogP contribution >= 0.6 is 0 Å². The standard InChI is InChI=1S/C88H62BN3/c1-88(2,3)65-54-74(61-32-15-7-16-33-61)86(75(55-65)62-34-17-8-18-35-62)92-79-51-47-63(58-28-11-5-12-29-58)52-77(79)89-76-50-46-64(59-30-13-6-14-31-59)53-80(76)90(66-48-44-60(45-49-66)57-26-9-4-10-27-57)87-83-73-42-25-41-72-70-39-22-20-37-68(70)67-36-19-21-38-69(67)71-40-23-24-43-78(71)91(85(72)73)81(83)56-82(92)84(87)89/h4-56H,1-3H3/i6D,13D,14D,30D,31D. The van der Waals surface area contributed by atoms with Gasteiger partial charge in [-0.15, -0.1) is 0 Å². The Morgan fingerprint density at radius 3 is 1.43 bits per heavy atom. The summed E-state index contributed by atoms with van der Waals surface area (Å²) in [5, 5.41) is 8.86. The van der Waals surface area contributed by atoms with Crippen LogP contribution in [0.15, 0.2) is 321 Å². The van der Waals surface area contributed by atoms with Crippen molar-refractivity contribution >= 4 is 117 Å². The van der Waals surface area contributed by atoms with Gasteiger partial charge in [0.05, 0.1) is 34.8 Å². The number of nitrogens with zero attached hydrogens (tertiary/aromatic N) is 3. The third-order valence-corrected chi connectivity index (χ3v) is 19.3. The molecule has 0 atom stereocenters. The van der Waals surface area contributed by atoms with Crippen molar-refractivity contribution in [1.82, 2.24) is 4.40 Å².